The quantitative estimate of drug-likeness (QED) is 0.302. The fourth-order valence-corrected chi connectivity index (χ4v) is 1.49. The highest BCUT2D eigenvalue weighted by molar-refractivity contribution is 7.81. The van der Waals surface area contributed by atoms with Gasteiger partial charge < -0.3 is 15.5 Å². The van der Waals surface area contributed by atoms with Gasteiger partial charge in [-0.1, -0.05) is 6.92 Å². The molecule has 0 radical (unpaired) electrons. The third kappa shape index (κ3) is 6.84. The van der Waals surface area contributed by atoms with Gasteiger partial charge in [0.15, 0.2) is 0 Å². The van der Waals surface area contributed by atoms with Crippen molar-refractivity contribution in [2.75, 3.05) is 6.16 Å². The zero-order chi connectivity index (χ0) is 9.12. The molecule has 1 unspecified atom stereocenters. The Morgan fingerprint density at radius 2 is 2.09 bits per heavy atom. The van der Waals surface area contributed by atoms with Crippen LogP contribution in [0.15, 0.2) is 0 Å². The minimum absolute atomic E-state index is 0.194. The van der Waals surface area contributed by atoms with Crippen LogP contribution in [0.25, 0.3) is 0 Å². The summed E-state index contributed by atoms with van der Waals surface area (Å²) in [7, 11) is -3.90. The van der Waals surface area contributed by atoms with Crippen molar-refractivity contribution in [2.24, 2.45) is 5.73 Å². The van der Waals surface area contributed by atoms with Crippen LogP contribution in [0, 0.1) is 0 Å². The third-order valence-corrected chi connectivity index (χ3v) is 2.79. The number of thiol groups is 1. The van der Waals surface area contributed by atoms with E-state index in [0.29, 0.717) is 6.42 Å². The van der Waals surface area contributed by atoms with Crippen LogP contribution in [0.5, 0.6) is 0 Å². The van der Waals surface area contributed by atoms with Crippen LogP contribution >= 0.6 is 20.2 Å². The molecule has 0 aromatic carbocycles. The predicted octanol–water partition coefficient (Wildman–Crippen LogP) is 0.549. The molecule has 0 saturated carbocycles. The predicted molar refractivity (Wildman–Crippen MR) is 47.7 cm³/mol. The molecule has 0 heterocycles. The van der Waals surface area contributed by atoms with Crippen molar-refractivity contribution in [3.63, 3.8) is 0 Å². The summed E-state index contributed by atoms with van der Waals surface area (Å²) < 4.78 is 10.4. The molecule has 4 nitrogen and oxygen atoms in total. The number of hydrogen-bond donors (Lipinski definition) is 4. The van der Waals surface area contributed by atoms with Gasteiger partial charge in [0.25, 0.3) is 0 Å². The molecule has 0 aliphatic heterocycles. The normalized spacial score (nSPS) is 17.9. The van der Waals surface area contributed by atoms with Gasteiger partial charge in [0, 0.05) is 0 Å². The first-order chi connectivity index (χ1) is 4.77. The van der Waals surface area contributed by atoms with Gasteiger partial charge in [-0.05, 0) is 12.8 Å². The van der Waals surface area contributed by atoms with Crippen LogP contribution in [0.3, 0.4) is 0 Å². The summed E-state index contributed by atoms with van der Waals surface area (Å²) in [6.45, 7) is 1.83. The molecular weight excluding hydrogens is 185 g/mol. The first-order valence-electron chi connectivity index (χ1n) is 3.33. The molecule has 0 saturated heterocycles. The first kappa shape index (κ1) is 11.5. The van der Waals surface area contributed by atoms with Crippen molar-refractivity contribution < 1.29 is 14.4 Å². The lowest BCUT2D eigenvalue weighted by molar-refractivity contribution is 0.367. The average molecular weight is 199 g/mol. The molecule has 0 aromatic rings. The highest BCUT2D eigenvalue weighted by atomic mass is 32.1. The van der Waals surface area contributed by atoms with Crippen LogP contribution in [-0.4, -0.2) is 20.8 Å². The standard InChI is InChI=1S/C5H14NO3PS/c1-2-5(6,11)3-4-10(7,8)9/h11H,2-4,6H2,1H3,(H2,7,8,9). The van der Waals surface area contributed by atoms with Gasteiger partial charge in [-0.15, -0.1) is 0 Å². The summed E-state index contributed by atoms with van der Waals surface area (Å²) in [6.07, 6.45) is 0.633. The maximum Gasteiger partial charge on any atom is 0.325 e. The summed E-state index contributed by atoms with van der Waals surface area (Å²) in [5, 5.41) is 0. The summed E-state index contributed by atoms with van der Waals surface area (Å²) in [5.41, 5.74) is 5.54. The largest absolute Gasteiger partial charge is 0.325 e. The first-order valence-corrected chi connectivity index (χ1v) is 5.57. The van der Waals surface area contributed by atoms with E-state index < -0.39 is 12.5 Å². The second-order valence-corrected chi connectivity index (χ2v) is 5.26. The Kier molecular flexibility index (Phi) is 4.08. The second kappa shape index (κ2) is 3.92. The summed E-state index contributed by atoms with van der Waals surface area (Å²) in [5.74, 6) is 0. The molecule has 0 aliphatic carbocycles. The highest BCUT2D eigenvalue weighted by Gasteiger charge is 2.22. The summed E-state index contributed by atoms with van der Waals surface area (Å²) in [4.78, 5) is 16.2. The fourth-order valence-electron chi connectivity index (χ4n) is 0.516. The van der Waals surface area contributed by atoms with Crippen molar-refractivity contribution in [1.29, 1.82) is 0 Å². The van der Waals surface area contributed by atoms with Crippen molar-refractivity contribution in [2.45, 2.75) is 24.6 Å². The molecule has 0 bridgehead atoms. The van der Waals surface area contributed by atoms with Crippen LogP contribution in [-0.2, 0) is 4.57 Å². The lowest BCUT2D eigenvalue weighted by Gasteiger charge is -2.21. The Balaban J connectivity index is 3.80. The summed E-state index contributed by atoms with van der Waals surface area (Å²) >= 11 is 4.03. The lowest BCUT2D eigenvalue weighted by atomic mass is 10.2. The van der Waals surface area contributed by atoms with E-state index in [1.807, 2.05) is 6.92 Å². The van der Waals surface area contributed by atoms with Gasteiger partial charge in [-0.2, -0.15) is 12.6 Å². The highest BCUT2D eigenvalue weighted by Crippen LogP contribution is 2.37. The zero-order valence-corrected chi connectivity index (χ0v) is 8.18. The Morgan fingerprint density at radius 1 is 1.64 bits per heavy atom. The molecule has 0 fully saturated rings. The van der Waals surface area contributed by atoms with Gasteiger partial charge in [0.2, 0.25) is 0 Å². The molecule has 4 N–H and O–H groups in total. The third-order valence-electron chi connectivity index (χ3n) is 1.45. The van der Waals surface area contributed by atoms with Crippen molar-refractivity contribution >= 4 is 20.2 Å². The van der Waals surface area contributed by atoms with E-state index >= 15 is 0 Å². The molecular formula is C5H14NO3PS. The SMILES string of the molecule is CCC(N)(S)CCP(=O)(O)O. The van der Waals surface area contributed by atoms with E-state index in [1.165, 1.54) is 0 Å². The van der Waals surface area contributed by atoms with Gasteiger partial charge in [0.05, 0.1) is 11.0 Å². The Hall–Kier alpha value is 0.460. The van der Waals surface area contributed by atoms with E-state index in [4.69, 9.17) is 15.5 Å². The van der Waals surface area contributed by atoms with Crippen LogP contribution in [0.1, 0.15) is 19.8 Å². The Morgan fingerprint density at radius 3 is 2.36 bits per heavy atom. The summed E-state index contributed by atoms with van der Waals surface area (Å²) in [6, 6.07) is 0. The maximum absolute atomic E-state index is 10.4. The molecule has 1 atom stereocenters. The second-order valence-electron chi connectivity index (χ2n) is 2.60. The fraction of sp³-hybridized carbons (Fsp3) is 1.00. The lowest BCUT2D eigenvalue weighted by Crippen LogP contribution is -2.33. The maximum atomic E-state index is 10.4. The molecule has 0 spiro atoms. The van der Waals surface area contributed by atoms with Gasteiger partial charge in [-0.25, -0.2) is 0 Å². The van der Waals surface area contributed by atoms with Crippen LogP contribution in [0.4, 0.5) is 0 Å². The minimum atomic E-state index is -3.90. The van der Waals surface area contributed by atoms with E-state index in [0.717, 1.165) is 0 Å². The van der Waals surface area contributed by atoms with Crippen molar-refractivity contribution in [3.05, 3.63) is 0 Å². The topological polar surface area (TPSA) is 83.6 Å². The van der Waals surface area contributed by atoms with E-state index in [2.05, 4.69) is 12.6 Å². The van der Waals surface area contributed by atoms with E-state index in [9.17, 15) is 4.57 Å². The molecule has 0 amide bonds. The van der Waals surface area contributed by atoms with E-state index in [1.54, 1.807) is 0 Å². The number of nitrogens with two attached hydrogens (primary N) is 1. The minimum Gasteiger partial charge on any atom is -0.324 e. The van der Waals surface area contributed by atoms with Gasteiger partial charge in [-0.3, -0.25) is 4.57 Å². The van der Waals surface area contributed by atoms with Crippen molar-refractivity contribution in [3.8, 4) is 0 Å². The molecule has 0 rings (SSSR count). The molecule has 68 valence electrons. The van der Waals surface area contributed by atoms with Crippen LogP contribution < -0.4 is 5.73 Å². The monoisotopic (exact) mass is 199 g/mol. The van der Waals surface area contributed by atoms with Crippen molar-refractivity contribution in [1.82, 2.24) is 0 Å². The Bertz CT molecular complexity index is 167. The van der Waals surface area contributed by atoms with Gasteiger partial charge in [0.1, 0.15) is 0 Å². The number of hydrogen-bond acceptors (Lipinski definition) is 3. The van der Waals surface area contributed by atoms with E-state index in [-0.39, 0.29) is 12.6 Å². The van der Waals surface area contributed by atoms with Gasteiger partial charge >= 0.3 is 7.60 Å². The van der Waals surface area contributed by atoms with Crippen LogP contribution in [0.2, 0.25) is 0 Å². The molecule has 0 aromatic heterocycles. The molecule has 0 aliphatic rings. The zero-order valence-electron chi connectivity index (χ0n) is 6.40. The molecule has 6 heteroatoms. The molecule has 11 heavy (non-hydrogen) atoms. The smallest absolute Gasteiger partial charge is 0.324 e. The Labute approximate surface area is 71.7 Å². The number of rotatable bonds is 4. The average Bonchev–Trinajstić information content (AvgIpc) is 1.83.